The van der Waals surface area contributed by atoms with Crippen LogP contribution in [0.1, 0.15) is 0 Å². The summed E-state index contributed by atoms with van der Waals surface area (Å²) in [6.07, 6.45) is 0. The van der Waals surface area contributed by atoms with Gasteiger partial charge in [0.15, 0.2) is 17.5 Å². The van der Waals surface area contributed by atoms with Crippen molar-refractivity contribution in [1.29, 1.82) is 0 Å². The summed E-state index contributed by atoms with van der Waals surface area (Å²) in [4.78, 5) is 21.7. The van der Waals surface area contributed by atoms with Crippen LogP contribution in [0.4, 0.5) is 0 Å². The Morgan fingerprint density at radius 2 is 0.600 bits per heavy atom. The monoisotopic (exact) mass is 1020 g/mol. The van der Waals surface area contributed by atoms with E-state index in [0.29, 0.717) is 17.5 Å². The molecule has 0 amide bonds. The minimum absolute atomic E-state index is 0.565. The van der Waals surface area contributed by atoms with Crippen LogP contribution in [-0.2, 0) is 0 Å². The van der Waals surface area contributed by atoms with Gasteiger partial charge in [-0.2, -0.15) is 0 Å². The molecule has 0 atom stereocenters. The number of rotatable bonds is 10. The lowest BCUT2D eigenvalue weighted by Gasteiger charge is -2.22. The largest absolute Gasteiger partial charge is 0.309 e. The predicted molar refractivity (Wildman–Crippen MR) is 330 cm³/mol. The topological polar surface area (TPSA) is 61.4 Å². The molecule has 374 valence electrons. The minimum atomic E-state index is 0.565. The van der Waals surface area contributed by atoms with Crippen molar-refractivity contribution in [2.45, 2.75) is 0 Å². The van der Waals surface area contributed by atoms with Gasteiger partial charge in [0, 0.05) is 71.9 Å². The lowest BCUT2D eigenvalue weighted by Crippen LogP contribution is -2.03. The molecule has 0 bridgehead atoms. The number of nitrogens with zero attached hydrogens (tertiary/aromatic N) is 6. The molecular weight excluding hydrogens is 973 g/mol. The Balaban J connectivity index is 1.10. The van der Waals surface area contributed by atoms with Gasteiger partial charge in [-0.1, -0.05) is 212 Å². The van der Waals surface area contributed by atoms with E-state index in [9.17, 15) is 0 Å². The zero-order valence-electron chi connectivity index (χ0n) is 43.4. The first kappa shape index (κ1) is 46.5. The molecule has 0 aliphatic carbocycles. The van der Waals surface area contributed by atoms with Crippen LogP contribution < -0.4 is 0 Å². The number of para-hydroxylation sites is 4. The summed E-state index contributed by atoms with van der Waals surface area (Å²) in [5.74, 6) is 1.75. The highest BCUT2D eigenvalue weighted by molar-refractivity contribution is 6.14. The lowest BCUT2D eigenvalue weighted by atomic mass is 9.82. The smallest absolute Gasteiger partial charge is 0.164 e. The molecule has 0 fully saturated rings. The van der Waals surface area contributed by atoms with Gasteiger partial charge in [-0.25, -0.2) is 19.9 Å². The van der Waals surface area contributed by atoms with Crippen LogP contribution in [0.2, 0.25) is 0 Å². The van der Waals surface area contributed by atoms with Crippen LogP contribution in [0.25, 0.3) is 145 Å². The van der Waals surface area contributed by atoms with Crippen molar-refractivity contribution in [3.63, 3.8) is 0 Å². The fourth-order valence-electron chi connectivity index (χ4n) is 11.8. The molecule has 0 aliphatic heterocycles. The second kappa shape index (κ2) is 19.6. The normalized spacial score (nSPS) is 11.5. The number of fused-ring (bicyclic) bond motifs is 6. The minimum Gasteiger partial charge on any atom is -0.309 e. The Morgan fingerprint density at radius 1 is 0.225 bits per heavy atom. The summed E-state index contributed by atoms with van der Waals surface area (Å²) < 4.78 is 4.75. The third-order valence-electron chi connectivity index (χ3n) is 15.4. The molecule has 4 aromatic heterocycles. The average molecular weight is 1020 g/mol. The van der Waals surface area contributed by atoms with Crippen LogP contribution in [0.3, 0.4) is 0 Å². The Labute approximate surface area is 462 Å². The molecule has 0 N–H and O–H groups in total. The molecule has 0 aliphatic rings. The van der Waals surface area contributed by atoms with E-state index < -0.39 is 0 Å². The molecule has 80 heavy (non-hydrogen) atoms. The fraction of sp³-hybridized carbons (Fsp3) is 0. The van der Waals surface area contributed by atoms with Gasteiger partial charge < -0.3 is 9.13 Å². The number of aromatic nitrogens is 6. The molecule has 15 aromatic rings. The van der Waals surface area contributed by atoms with Crippen molar-refractivity contribution in [2.24, 2.45) is 0 Å². The molecule has 11 aromatic carbocycles. The van der Waals surface area contributed by atoms with E-state index in [1.807, 2.05) is 42.5 Å². The molecule has 0 spiro atoms. The summed E-state index contributed by atoms with van der Waals surface area (Å²) in [5, 5.41) is 4.60. The SMILES string of the molecule is c1ccc(-c2ccc(-c3ccc(-c4nc(-c5ccccc5)nc(-c5ccccc5)n4)c(-c4ccc5c(c4)c4ccccc4n5-c4ccccc4)c3-c3ccc4c(c3)c3ccccc3n4-c3ccccc3)c(-c3ccccc3)n2)cc1. The molecular formula is C74H48N6. The second-order valence-corrected chi connectivity index (χ2v) is 20.1. The van der Waals surface area contributed by atoms with Crippen LogP contribution in [0.15, 0.2) is 291 Å². The molecule has 4 heterocycles. The van der Waals surface area contributed by atoms with Gasteiger partial charge in [0.1, 0.15) is 0 Å². The first-order valence-corrected chi connectivity index (χ1v) is 27.0. The number of hydrogen-bond donors (Lipinski definition) is 0. The Morgan fingerprint density at radius 3 is 1.10 bits per heavy atom. The van der Waals surface area contributed by atoms with Crippen LogP contribution in [0.5, 0.6) is 0 Å². The summed E-state index contributed by atoms with van der Waals surface area (Å²) >= 11 is 0. The third kappa shape index (κ3) is 8.05. The highest BCUT2D eigenvalue weighted by atomic mass is 15.0. The maximum Gasteiger partial charge on any atom is 0.164 e. The summed E-state index contributed by atoms with van der Waals surface area (Å²) in [5.41, 5.74) is 19.3. The molecule has 6 heteroatoms. The summed E-state index contributed by atoms with van der Waals surface area (Å²) in [7, 11) is 0. The molecule has 0 radical (unpaired) electrons. The second-order valence-electron chi connectivity index (χ2n) is 20.1. The zero-order chi connectivity index (χ0) is 52.9. The fourth-order valence-corrected chi connectivity index (χ4v) is 11.8. The van der Waals surface area contributed by atoms with E-state index in [2.05, 4.69) is 258 Å². The van der Waals surface area contributed by atoms with Crippen LogP contribution in [-0.4, -0.2) is 29.1 Å². The number of pyridine rings is 1. The van der Waals surface area contributed by atoms with Crippen molar-refractivity contribution in [3.8, 4) is 101 Å². The van der Waals surface area contributed by atoms with E-state index in [4.69, 9.17) is 19.9 Å². The van der Waals surface area contributed by atoms with Gasteiger partial charge in [0.25, 0.3) is 0 Å². The summed E-state index contributed by atoms with van der Waals surface area (Å²) in [6.45, 7) is 0. The quantitative estimate of drug-likeness (QED) is 0.137. The molecule has 6 nitrogen and oxygen atoms in total. The Kier molecular flexibility index (Phi) is 11.4. The van der Waals surface area contributed by atoms with Gasteiger partial charge >= 0.3 is 0 Å². The first-order chi connectivity index (χ1) is 39.7. The van der Waals surface area contributed by atoms with Crippen molar-refractivity contribution in [2.75, 3.05) is 0 Å². The van der Waals surface area contributed by atoms with Gasteiger partial charge in [0.2, 0.25) is 0 Å². The van der Waals surface area contributed by atoms with E-state index in [0.717, 1.165) is 122 Å². The van der Waals surface area contributed by atoms with Gasteiger partial charge in [-0.05, 0) is 101 Å². The van der Waals surface area contributed by atoms with Crippen molar-refractivity contribution >= 4 is 43.6 Å². The maximum atomic E-state index is 5.59. The average Bonchev–Trinajstić information content (AvgIpc) is 4.06. The molecule has 0 saturated carbocycles. The van der Waals surface area contributed by atoms with Crippen LogP contribution in [0, 0.1) is 0 Å². The van der Waals surface area contributed by atoms with Crippen molar-refractivity contribution in [3.05, 3.63) is 291 Å². The number of benzene rings is 11. The first-order valence-electron chi connectivity index (χ1n) is 27.0. The van der Waals surface area contributed by atoms with Gasteiger partial charge in [0.05, 0.1) is 33.5 Å². The lowest BCUT2D eigenvalue weighted by molar-refractivity contribution is 1.07. The van der Waals surface area contributed by atoms with Crippen LogP contribution >= 0.6 is 0 Å². The highest BCUT2D eigenvalue weighted by Gasteiger charge is 2.27. The van der Waals surface area contributed by atoms with E-state index in [-0.39, 0.29) is 0 Å². The molecule has 0 saturated heterocycles. The van der Waals surface area contributed by atoms with Crippen molar-refractivity contribution in [1.82, 2.24) is 29.1 Å². The van der Waals surface area contributed by atoms with E-state index >= 15 is 0 Å². The van der Waals surface area contributed by atoms with E-state index in [1.54, 1.807) is 0 Å². The predicted octanol–water partition coefficient (Wildman–Crippen LogP) is 18.8. The van der Waals surface area contributed by atoms with Gasteiger partial charge in [-0.15, -0.1) is 0 Å². The highest BCUT2D eigenvalue weighted by Crippen LogP contribution is 2.50. The molecule has 15 rings (SSSR count). The van der Waals surface area contributed by atoms with Gasteiger partial charge in [-0.3, -0.25) is 0 Å². The third-order valence-corrected chi connectivity index (χ3v) is 15.4. The number of hydrogen-bond acceptors (Lipinski definition) is 4. The Hall–Kier alpha value is -10.8. The maximum absolute atomic E-state index is 5.59. The van der Waals surface area contributed by atoms with Crippen molar-refractivity contribution < 1.29 is 0 Å². The summed E-state index contributed by atoms with van der Waals surface area (Å²) in [6, 6.07) is 103. The molecule has 0 unspecified atom stereocenters. The van der Waals surface area contributed by atoms with E-state index in [1.165, 1.54) is 5.39 Å². The standard InChI is InChI=1S/C74H48N6/c1-7-23-49(24-8-1)64-44-43-60(71(75-64)50-25-9-2-10-26-50)59-41-42-61(74-77-72(51-27-11-3-12-28-51)76-73(78-74)52-29-13-4-14-30-52)70(54-40-46-68-63(48-54)58-36-20-22-38-66(58)80(68)56-33-17-6-18-34-56)69(59)53-39-45-67-62(47-53)57-35-19-21-37-65(57)79(67)55-31-15-5-16-32-55/h1-48H. The zero-order valence-corrected chi connectivity index (χ0v) is 43.4. The Bertz CT molecular complexity index is 4730.